The second kappa shape index (κ2) is 7.97. The number of hydrogen-bond donors (Lipinski definition) is 1. The summed E-state index contributed by atoms with van der Waals surface area (Å²) < 4.78 is 5.39. The van der Waals surface area contributed by atoms with Crippen molar-refractivity contribution in [3.63, 3.8) is 0 Å². The number of para-hydroxylation sites is 1. The summed E-state index contributed by atoms with van der Waals surface area (Å²) in [6, 6.07) is 9.19. The molecule has 2 aliphatic heterocycles. The summed E-state index contributed by atoms with van der Waals surface area (Å²) >= 11 is 0. The van der Waals surface area contributed by atoms with Gasteiger partial charge in [0.1, 0.15) is 5.71 Å². The summed E-state index contributed by atoms with van der Waals surface area (Å²) in [6.45, 7) is 7.91. The summed E-state index contributed by atoms with van der Waals surface area (Å²) in [7, 11) is 0. The molecule has 3 rings (SSSR count). The first-order valence-electron chi connectivity index (χ1n) is 9.04. The van der Waals surface area contributed by atoms with Gasteiger partial charge >= 0.3 is 0 Å². The molecule has 0 bridgehead atoms. The number of ether oxygens (including phenoxy) is 1. The summed E-state index contributed by atoms with van der Waals surface area (Å²) in [5.41, 5.74) is 0.909. The molecule has 0 atom stereocenters. The summed E-state index contributed by atoms with van der Waals surface area (Å²) in [5.74, 6) is -0.304. The number of carbonyl (C=O) groups is 2. The normalized spacial score (nSPS) is 19.2. The summed E-state index contributed by atoms with van der Waals surface area (Å²) in [4.78, 5) is 27.1. The van der Waals surface area contributed by atoms with E-state index >= 15 is 0 Å². The molecule has 0 saturated carbocycles. The van der Waals surface area contributed by atoms with E-state index in [9.17, 15) is 9.59 Å². The lowest BCUT2D eigenvalue weighted by Crippen LogP contribution is -2.56. The first-order valence-corrected chi connectivity index (χ1v) is 9.04. The van der Waals surface area contributed by atoms with Crippen molar-refractivity contribution in [1.82, 2.24) is 10.2 Å². The zero-order valence-corrected chi connectivity index (χ0v) is 15.4. The minimum absolute atomic E-state index is 0.0959. The Morgan fingerprint density at radius 1 is 1.19 bits per heavy atom. The van der Waals surface area contributed by atoms with E-state index in [1.165, 1.54) is 5.01 Å². The van der Waals surface area contributed by atoms with Crippen LogP contribution in [0.15, 0.2) is 35.4 Å². The Kier molecular flexibility index (Phi) is 5.68. The van der Waals surface area contributed by atoms with Gasteiger partial charge in [0.25, 0.3) is 5.91 Å². The molecule has 1 N–H and O–H groups in total. The van der Waals surface area contributed by atoms with Gasteiger partial charge in [0.15, 0.2) is 0 Å². The van der Waals surface area contributed by atoms with Crippen molar-refractivity contribution >= 4 is 23.2 Å². The molecule has 0 aromatic heterocycles. The lowest BCUT2D eigenvalue weighted by Gasteiger charge is -2.40. The molecule has 0 radical (unpaired) electrons. The highest BCUT2D eigenvalue weighted by Crippen LogP contribution is 2.20. The quantitative estimate of drug-likeness (QED) is 0.863. The van der Waals surface area contributed by atoms with Crippen LogP contribution in [-0.2, 0) is 14.3 Å². The number of anilines is 1. The molecule has 0 unspecified atom stereocenters. The van der Waals surface area contributed by atoms with Crippen molar-refractivity contribution in [2.24, 2.45) is 5.10 Å². The summed E-state index contributed by atoms with van der Waals surface area (Å²) in [5, 5.41) is 8.61. The predicted molar refractivity (Wildman–Crippen MR) is 100 cm³/mol. The number of amides is 2. The number of nitrogens with one attached hydrogen (secondary N) is 1. The molecule has 140 valence electrons. The predicted octanol–water partition coefficient (Wildman–Crippen LogP) is 1.40. The van der Waals surface area contributed by atoms with Gasteiger partial charge in [-0.3, -0.25) is 14.5 Å². The minimum atomic E-state index is -0.209. The lowest BCUT2D eigenvalue weighted by molar-refractivity contribution is -0.119. The number of benzene rings is 1. The van der Waals surface area contributed by atoms with E-state index in [4.69, 9.17) is 4.74 Å². The molecule has 26 heavy (non-hydrogen) atoms. The van der Waals surface area contributed by atoms with Gasteiger partial charge in [0.05, 0.1) is 18.9 Å². The number of hydrazone groups is 1. The first kappa shape index (κ1) is 18.5. The maximum atomic E-state index is 12.6. The fraction of sp³-hybridized carbons (Fsp3) is 0.526. The molecule has 1 aromatic rings. The first-order chi connectivity index (χ1) is 12.5. The average molecular weight is 358 g/mol. The standard InChI is InChI=1S/C19H26N4O3/c1-19(2,22-10-12-26-13-11-22)14-20-18(25)16-8-9-17(24)23(21-16)15-6-4-3-5-7-15/h3-7H,8-14H2,1-2H3,(H,20,25). The highest BCUT2D eigenvalue weighted by molar-refractivity contribution is 6.40. The molecule has 2 aliphatic rings. The van der Waals surface area contributed by atoms with Crippen LogP contribution in [0.2, 0.25) is 0 Å². The van der Waals surface area contributed by atoms with E-state index in [1.54, 1.807) is 0 Å². The molecule has 7 heteroatoms. The van der Waals surface area contributed by atoms with Crippen molar-refractivity contribution in [2.45, 2.75) is 32.2 Å². The molecule has 0 spiro atoms. The smallest absolute Gasteiger partial charge is 0.267 e. The third-order valence-corrected chi connectivity index (χ3v) is 4.84. The number of carbonyl (C=O) groups excluding carboxylic acids is 2. The molecular weight excluding hydrogens is 332 g/mol. The van der Waals surface area contributed by atoms with Gasteiger partial charge in [-0.2, -0.15) is 5.10 Å². The maximum absolute atomic E-state index is 12.6. The second-order valence-corrected chi connectivity index (χ2v) is 7.18. The third kappa shape index (κ3) is 4.28. The van der Waals surface area contributed by atoms with Crippen LogP contribution >= 0.6 is 0 Å². The van der Waals surface area contributed by atoms with Crippen molar-refractivity contribution in [3.8, 4) is 0 Å². The van der Waals surface area contributed by atoms with Crippen LogP contribution in [0, 0.1) is 0 Å². The van der Waals surface area contributed by atoms with Crippen LogP contribution in [0.4, 0.5) is 5.69 Å². The fourth-order valence-corrected chi connectivity index (χ4v) is 3.17. The van der Waals surface area contributed by atoms with Crippen LogP contribution in [0.3, 0.4) is 0 Å². The van der Waals surface area contributed by atoms with Crippen LogP contribution in [0.1, 0.15) is 26.7 Å². The topological polar surface area (TPSA) is 74.2 Å². The largest absolute Gasteiger partial charge is 0.379 e. The minimum Gasteiger partial charge on any atom is -0.379 e. The number of hydrogen-bond acceptors (Lipinski definition) is 5. The Morgan fingerprint density at radius 3 is 2.58 bits per heavy atom. The van der Waals surface area contributed by atoms with Crippen LogP contribution in [-0.4, -0.2) is 60.8 Å². The van der Waals surface area contributed by atoms with Crippen LogP contribution < -0.4 is 10.3 Å². The molecule has 1 fully saturated rings. The third-order valence-electron chi connectivity index (χ3n) is 4.84. The van der Waals surface area contributed by atoms with Crippen molar-refractivity contribution in [3.05, 3.63) is 30.3 Å². The summed E-state index contributed by atoms with van der Waals surface area (Å²) in [6.07, 6.45) is 0.653. The molecule has 2 heterocycles. The fourth-order valence-electron chi connectivity index (χ4n) is 3.17. The van der Waals surface area contributed by atoms with E-state index < -0.39 is 0 Å². The lowest BCUT2D eigenvalue weighted by atomic mass is 10.0. The van der Waals surface area contributed by atoms with Gasteiger partial charge in [-0.25, -0.2) is 5.01 Å². The monoisotopic (exact) mass is 358 g/mol. The SMILES string of the molecule is CC(C)(CNC(=O)C1=NN(c2ccccc2)C(=O)CC1)N1CCOCC1. The van der Waals surface area contributed by atoms with Crippen molar-refractivity contribution in [2.75, 3.05) is 37.9 Å². The van der Waals surface area contributed by atoms with E-state index in [-0.39, 0.29) is 23.8 Å². The van der Waals surface area contributed by atoms with E-state index in [0.29, 0.717) is 24.4 Å². The van der Waals surface area contributed by atoms with Gasteiger partial charge in [0, 0.05) is 38.0 Å². The van der Waals surface area contributed by atoms with Gasteiger partial charge in [-0.1, -0.05) is 18.2 Å². The molecule has 1 saturated heterocycles. The van der Waals surface area contributed by atoms with Crippen molar-refractivity contribution < 1.29 is 14.3 Å². The highest BCUT2D eigenvalue weighted by Gasteiger charge is 2.30. The van der Waals surface area contributed by atoms with Gasteiger partial charge < -0.3 is 10.1 Å². The van der Waals surface area contributed by atoms with E-state index in [1.807, 2.05) is 30.3 Å². The van der Waals surface area contributed by atoms with Gasteiger partial charge in [0.2, 0.25) is 5.91 Å². The Bertz CT molecular complexity index is 681. The maximum Gasteiger partial charge on any atom is 0.267 e. The zero-order chi connectivity index (χ0) is 18.6. The van der Waals surface area contributed by atoms with E-state index in [2.05, 4.69) is 29.2 Å². The Balaban J connectivity index is 1.64. The Hall–Kier alpha value is -2.25. The number of nitrogens with zero attached hydrogens (tertiary/aromatic N) is 3. The molecular formula is C19H26N4O3. The average Bonchev–Trinajstić information content (AvgIpc) is 2.68. The molecule has 2 amide bonds. The molecule has 1 aromatic carbocycles. The second-order valence-electron chi connectivity index (χ2n) is 7.18. The zero-order valence-electron chi connectivity index (χ0n) is 15.4. The van der Waals surface area contributed by atoms with Crippen LogP contribution in [0.25, 0.3) is 0 Å². The van der Waals surface area contributed by atoms with Gasteiger partial charge in [-0.05, 0) is 26.0 Å². The Morgan fingerprint density at radius 2 is 1.88 bits per heavy atom. The number of morpholine rings is 1. The Labute approximate surface area is 154 Å². The van der Waals surface area contributed by atoms with E-state index in [0.717, 1.165) is 26.3 Å². The van der Waals surface area contributed by atoms with Crippen molar-refractivity contribution in [1.29, 1.82) is 0 Å². The molecule has 7 nitrogen and oxygen atoms in total. The van der Waals surface area contributed by atoms with Gasteiger partial charge in [-0.15, -0.1) is 0 Å². The number of rotatable bonds is 5. The molecule has 0 aliphatic carbocycles. The van der Waals surface area contributed by atoms with Crippen LogP contribution in [0.5, 0.6) is 0 Å². The highest BCUT2D eigenvalue weighted by atomic mass is 16.5.